The highest BCUT2D eigenvalue weighted by Gasteiger charge is 2.52. The molecule has 1 aliphatic carbocycles. The molecule has 31 heavy (non-hydrogen) atoms. The Bertz CT molecular complexity index is 1160. The predicted octanol–water partition coefficient (Wildman–Crippen LogP) is 6.51. The molecule has 9 heteroatoms. The molecule has 0 spiro atoms. The number of hydrogen-bond acceptors (Lipinski definition) is 5. The minimum absolute atomic E-state index is 0.370. The van der Waals surface area contributed by atoms with Gasteiger partial charge in [0.1, 0.15) is 11.5 Å². The monoisotopic (exact) mass is 463 g/mol. The number of aryl methyl sites for hydroxylation is 1. The average Bonchev–Trinajstić information content (AvgIpc) is 3.38. The molecule has 2 aliphatic rings. The van der Waals surface area contributed by atoms with Crippen LogP contribution < -0.4 is 9.75 Å². The molecule has 0 N–H and O–H groups in total. The average molecular weight is 464 g/mol. The zero-order valence-corrected chi connectivity index (χ0v) is 17.9. The molecule has 0 fully saturated rings. The summed E-state index contributed by atoms with van der Waals surface area (Å²) in [6.07, 6.45) is -3.57. The van der Waals surface area contributed by atoms with Gasteiger partial charge in [0.2, 0.25) is 5.13 Å². The van der Waals surface area contributed by atoms with Gasteiger partial charge >= 0.3 is 6.18 Å². The van der Waals surface area contributed by atoms with E-state index in [9.17, 15) is 13.2 Å². The SMILES string of the molecule is COc1ccc2c(c1)CC[C@H]1C(C(F)(F)F)=NN(c3nc(-c4ccc(Cl)cc4)cs3)[C@@H]21. The Balaban J connectivity index is 1.57. The van der Waals surface area contributed by atoms with Crippen LogP contribution in [0.25, 0.3) is 11.3 Å². The van der Waals surface area contributed by atoms with Crippen molar-refractivity contribution in [3.8, 4) is 17.0 Å². The maximum atomic E-state index is 13.8. The predicted molar refractivity (Wildman–Crippen MR) is 116 cm³/mol. The van der Waals surface area contributed by atoms with Crippen LogP contribution in [-0.4, -0.2) is 24.0 Å². The van der Waals surface area contributed by atoms with E-state index in [-0.39, 0.29) is 0 Å². The van der Waals surface area contributed by atoms with Crippen LogP contribution in [0, 0.1) is 5.92 Å². The summed E-state index contributed by atoms with van der Waals surface area (Å²) in [4.78, 5) is 4.61. The topological polar surface area (TPSA) is 37.7 Å². The standard InChI is InChI=1S/C22H17ClF3N3OS/c1-30-15-7-9-16-13(10-15)4-8-17-19(16)29(28-20(17)22(24,25)26)21-27-18(11-31-21)12-2-5-14(23)6-3-12/h2-3,5-7,9-11,17,19H,4,8H2,1H3/t17-,19+/m1/s1. The van der Waals surface area contributed by atoms with Crippen molar-refractivity contribution in [1.82, 2.24) is 4.98 Å². The summed E-state index contributed by atoms with van der Waals surface area (Å²) in [5.74, 6) is -0.0400. The molecule has 0 radical (unpaired) electrons. The van der Waals surface area contributed by atoms with E-state index in [0.717, 1.165) is 16.7 Å². The lowest BCUT2D eigenvalue weighted by molar-refractivity contribution is -0.0626. The van der Waals surface area contributed by atoms with Gasteiger partial charge in [-0.05, 0) is 48.2 Å². The fourth-order valence-electron chi connectivity index (χ4n) is 4.29. The molecule has 0 unspecified atom stereocenters. The normalized spacial score (nSPS) is 20.3. The van der Waals surface area contributed by atoms with Crippen LogP contribution in [0.1, 0.15) is 23.6 Å². The minimum Gasteiger partial charge on any atom is -0.497 e. The Labute approximate surface area is 185 Å². The third-order valence-electron chi connectivity index (χ3n) is 5.72. The molecular weight excluding hydrogens is 447 g/mol. The molecule has 0 saturated heterocycles. The van der Waals surface area contributed by atoms with Crippen molar-refractivity contribution in [2.24, 2.45) is 11.0 Å². The number of aromatic nitrogens is 1. The number of methoxy groups -OCH3 is 1. The second-order valence-corrected chi connectivity index (χ2v) is 8.78. The van der Waals surface area contributed by atoms with E-state index in [0.29, 0.717) is 34.4 Å². The second kappa shape index (κ2) is 7.53. The van der Waals surface area contributed by atoms with Crippen LogP contribution in [0.2, 0.25) is 5.02 Å². The summed E-state index contributed by atoms with van der Waals surface area (Å²) in [5.41, 5.74) is 2.61. The first-order valence-electron chi connectivity index (χ1n) is 9.68. The lowest BCUT2D eigenvalue weighted by Crippen LogP contribution is -2.35. The van der Waals surface area contributed by atoms with Gasteiger partial charge in [0.15, 0.2) is 0 Å². The molecule has 3 aromatic rings. The number of ether oxygens (including phenoxy) is 1. The molecule has 160 valence electrons. The molecule has 1 aliphatic heterocycles. The van der Waals surface area contributed by atoms with E-state index in [1.165, 1.54) is 16.3 Å². The van der Waals surface area contributed by atoms with E-state index in [4.69, 9.17) is 16.3 Å². The largest absolute Gasteiger partial charge is 0.497 e. The Morgan fingerprint density at radius 3 is 2.65 bits per heavy atom. The van der Waals surface area contributed by atoms with Gasteiger partial charge in [-0.25, -0.2) is 9.99 Å². The van der Waals surface area contributed by atoms with Gasteiger partial charge in [-0.3, -0.25) is 0 Å². The van der Waals surface area contributed by atoms with Crippen LogP contribution >= 0.6 is 22.9 Å². The van der Waals surface area contributed by atoms with Gasteiger partial charge in [0.25, 0.3) is 0 Å². The van der Waals surface area contributed by atoms with Crippen molar-refractivity contribution in [3.63, 3.8) is 0 Å². The molecule has 4 nitrogen and oxygen atoms in total. The number of thiazole rings is 1. The number of fused-ring (bicyclic) bond motifs is 3. The van der Waals surface area contributed by atoms with E-state index in [2.05, 4.69) is 10.1 Å². The van der Waals surface area contributed by atoms with Gasteiger partial charge in [-0.1, -0.05) is 29.8 Å². The summed E-state index contributed by atoms with van der Waals surface area (Å²) < 4.78 is 46.7. The number of hydrazone groups is 1. The van der Waals surface area contributed by atoms with Crippen LogP contribution in [0.3, 0.4) is 0 Å². The van der Waals surface area contributed by atoms with Gasteiger partial charge in [0, 0.05) is 21.9 Å². The Morgan fingerprint density at radius 2 is 1.94 bits per heavy atom. The number of hydrogen-bond donors (Lipinski definition) is 0. The van der Waals surface area contributed by atoms with E-state index >= 15 is 0 Å². The zero-order chi connectivity index (χ0) is 21.8. The molecule has 0 saturated carbocycles. The van der Waals surface area contributed by atoms with Gasteiger partial charge in [0.05, 0.1) is 18.8 Å². The van der Waals surface area contributed by atoms with Crippen molar-refractivity contribution in [3.05, 3.63) is 64.0 Å². The summed E-state index contributed by atoms with van der Waals surface area (Å²) in [6.45, 7) is 0. The van der Waals surface area contributed by atoms with Crippen LogP contribution in [0.5, 0.6) is 5.75 Å². The summed E-state index contributed by atoms with van der Waals surface area (Å²) in [5, 5.41) is 8.37. The molecular formula is C22H17ClF3N3OS. The molecule has 0 bridgehead atoms. The summed E-state index contributed by atoms with van der Waals surface area (Å²) >= 11 is 7.23. The number of alkyl halides is 3. The number of benzene rings is 2. The first-order chi connectivity index (χ1) is 14.8. The molecule has 0 amide bonds. The lowest BCUT2D eigenvalue weighted by atomic mass is 9.78. The highest BCUT2D eigenvalue weighted by atomic mass is 35.5. The number of anilines is 1. The molecule has 2 aromatic carbocycles. The Morgan fingerprint density at radius 1 is 1.16 bits per heavy atom. The maximum absolute atomic E-state index is 13.8. The van der Waals surface area contributed by atoms with Crippen molar-refractivity contribution in [2.45, 2.75) is 25.1 Å². The van der Waals surface area contributed by atoms with Gasteiger partial charge in [-0.2, -0.15) is 18.3 Å². The fourth-order valence-corrected chi connectivity index (χ4v) is 5.24. The highest BCUT2D eigenvalue weighted by Crippen LogP contribution is 2.49. The number of halogens is 4. The molecule has 1 aromatic heterocycles. The Hall–Kier alpha value is -2.58. The first kappa shape index (κ1) is 20.3. The molecule has 2 atom stereocenters. The van der Waals surface area contributed by atoms with Crippen molar-refractivity contribution >= 4 is 33.8 Å². The first-order valence-corrected chi connectivity index (χ1v) is 10.9. The maximum Gasteiger partial charge on any atom is 0.431 e. The van der Waals surface area contributed by atoms with Crippen LogP contribution in [-0.2, 0) is 6.42 Å². The third kappa shape index (κ3) is 3.57. The number of rotatable bonds is 3. The quantitative estimate of drug-likeness (QED) is 0.444. The summed E-state index contributed by atoms with van der Waals surface area (Å²) in [6, 6.07) is 12.2. The van der Waals surface area contributed by atoms with Crippen LogP contribution in [0.4, 0.5) is 18.3 Å². The Kier molecular flexibility index (Phi) is 4.94. The number of nitrogens with zero attached hydrogens (tertiary/aromatic N) is 3. The molecule has 5 rings (SSSR count). The van der Waals surface area contributed by atoms with E-state index in [1.807, 2.05) is 29.6 Å². The molecule has 2 heterocycles. The van der Waals surface area contributed by atoms with Crippen LogP contribution in [0.15, 0.2) is 52.9 Å². The lowest BCUT2D eigenvalue weighted by Gasteiger charge is -2.33. The van der Waals surface area contributed by atoms with Gasteiger partial charge < -0.3 is 4.74 Å². The van der Waals surface area contributed by atoms with Crippen molar-refractivity contribution < 1.29 is 17.9 Å². The second-order valence-electron chi connectivity index (χ2n) is 7.50. The fraction of sp³-hybridized carbons (Fsp3) is 0.273. The highest BCUT2D eigenvalue weighted by molar-refractivity contribution is 7.14. The smallest absolute Gasteiger partial charge is 0.431 e. The minimum atomic E-state index is -4.49. The van der Waals surface area contributed by atoms with Gasteiger partial charge in [-0.15, -0.1) is 11.3 Å². The van der Waals surface area contributed by atoms with E-state index < -0.39 is 23.8 Å². The van der Waals surface area contributed by atoms with Crippen molar-refractivity contribution in [2.75, 3.05) is 12.1 Å². The third-order valence-corrected chi connectivity index (χ3v) is 6.81. The zero-order valence-electron chi connectivity index (χ0n) is 16.4. The van der Waals surface area contributed by atoms with Crippen molar-refractivity contribution in [1.29, 1.82) is 0 Å². The summed E-state index contributed by atoms with van der Waals surface area (Å²) in [7, 11) is 1.58. The van der Waals surface area contributed by atoms with E-state index in [1.54, 1.807) is 25.3 Å².